The molecule has 1 amide bonds. The zero-order valence-electron chi connectivity index (χ0n) is 12.6. The number of rotatable bonds is 4. The second-order valence-corrected chi connectivity index (χ2v) is 5.82. The molecule has 5 heteroatoms. The number of benzene rings is 2. The second kappa shape index (κ2) is 6.87. The summed E-state index contributed by atoms with van der Waals surface area (Å²) in [6, 6.07) is 13.2. The maximum Gasteiger partial charge on any atom is 0.228 e. The summed E-state index contributed by atoms with van der Waals surface area (Å²) in [4.78, 5) is 14.5. The lowest BCUT2D eigenvalue weighted by atomic mass is 10.1. The summed E-state index contributed by atoms with van der Waals surface area (Å²) in [5.41, 5.74) is 1.23. The van der Waals surface area contributed by atoms with Gasteiger partial charge in [-0.05, 0) is 30.7 Å². The number of nitrogens with zero attached hydrogens (tertiary/aromatic N) is 1. The highest BCUT2D eigenvalue weighted by molar-refractivity contribution is 5.93. The lowest BCUT2D eigenvalue weighted by Crippen LogP contribution is -2.27. The number of carbonyl (C=O) groups is 1. The largest absolute Gasteiger partial charge is 0.323 e. The molecule has 0 aliphatic carbocycles. The smallest absolute Gasteiger partial charge is 0.228 e. The molecule has 1 unspecified atom stereocenters. The molecular formula is C18H18F2N2O. The lowest BCUT2D eigenvalue weighted by Gasteiger charge is -2.16. The Kier molecular flexibility index (Phi) is 4.67. The van der Waals surface area contributed by atoms with Crippen LogP contribution in [0.3, 0.4) is 0 Å². The standard InChI is InChI=1S/C18H18F2N2O/c19-15-6-7-17(16(20)10-15)21-18(23)14-8-9-22(12-14)11-13-4-2-1-3-5-13/h1-7,10,14H,8-9,11-12H2,(H,21,23). The first-order chi connectivity index (χ1) is 11.1. The molecule has 1 saturated heterocycles. The molecule has 1 atom stereocenters. The molecular weight excluding hydrogens is 298 g/mol. The monoisotopic (exact) mass is 316 g/mol. The van der Waals surface area contributed by atoms with Crippen molar-refractivity contribution >= 4 is 11.6 Å². The van der Waals surface area contributed by atoms with Crippen molar-refractivity contribution < 1.29 is 13.6 Å². The third kappa shape index (κ3) is 3.93. The maximum absolute atomic E-state index is 13.6. The predicted molar refractivity (Wildman–Crippen MR) is 84.8 cm³/mol. The van der Waals surface area contributed by atoms with Crippen LogP contribution >= 0.6 is 0 Å². The fraction of sp³-hybridized carbons (Fsp3) is 0.278. The normalized spacial score (nSPS) is 18.1. The van der Waals surface area contributed by atoms with Gasteiger partial charge >= 0.3 is 0 Å². The Morgan fingerprint density at radius 3 is 2.70 bits per heavy atom. The molecule has 0 bridgehead atoms. The Morgan fingerprint density at radius 2 is 1.96 bits per heavy atom. The second-order valence-electron chi connectivity index (χ2n) is 5.82. The SMILES string of the molecule is O=C(Nc1ccc(F)cc1F)C1CCN(Cc2ccccc2)C1. The van der Waals surface area contributed by atoms with E-state index in [9.17, 15) is 13.6 Å². The van der Waals surface area contributed by atoms with Gasteiger partial charge in [-0.15, -0.1) is 0 Å². The van der Waals surface area contributed by atoms with Crippen molar-refractivity contribution in [1.29, 1.82) is 0 Å². The van der Waals surface area contributed by atoms with Crippen molar-refractivity contribution in [2.75, 3.05) is 18.4 Å². The van der Waals surface area contributed by atoms with Crippen LogP contribution in [0.2, 0.25) is 0 Å². The highest BCUT2D eigenvalue weighted by Crippen LogP contribution is 2.22. The van der Waals surface area contributed by atoms with Crippen LogP contribution in [0.4, 0.5) is 14.5 Å². The van der Waals surface area contributed by atoms with Crippen molar-refractivity contribution in [3.05, 3.63) is 65.7 Å². The van der Waals surface area contributed by atoms with Gasteiger partial charge in [0.2, 0.25) is 5.91 Å². The summed E-state index contributed by atoms with van der Waals surface area (Å²) in [5, 5.41) is 2.56. The minimum Gasteiger partial charge on any atom is -0.323 e. The highest BCUT2D eigenvalue weighted by Gasteiger charge is 2.28. The lowest BCUT2D eigenvalue weighted by molar-refractivity contribution is -0.119. The van der Waals surface area contributed by atoms with Gasteiger partial charge in [0.1, 0.15) is 11.6 Å². The molecule has 2 aromatic carbocycles. The van der Waals surface area contributed by atoms with Crippen molar-refractivity contribution in [3.63, 3.8) is 0 Å². The van der Waals surface area contributed by atoms with Crippen molar-refractivity contribution in [3.8, 4) is 0 Å². The van der Waals surface area contributed by atoms with E-state index in [0.29, 0.717) is 6.54 Å². The van der Waals surface area contributed by atoms with E-state index in [4.69, 9.17) is 0 Å². The Balaban J connectivity index is 1.57. The first-order valence-electron chi connectivity index (χ1n) is 7.64. The molecule has 0 aromatic heterocycles. The van der Waals surface area contributed by atoms with Gasteiger partial charge in [-0.1, -0.05) is 30.3 Å². The van der Waals surface area contributed by atoms with E-state index in [1.54, 1.807) is 0 Å². The first-order valence-corrected chi connectivity index (χ1v) is 7.64. The van der Waals surface area contributed by atoms with Crippen molar-refractivity contribution in [2.45, 2.75) is 13.0 Å². The number of nitrogens with one attached hydrogen (secondary N) is 1. The number of amides is 1. The summed E-state index contributed by atoms with van der Waals surface area (Å²) in [6.07, 6.45) is 0.738. The molecule has 0 saturated carbocycles. The summed E-state index contributed by atoms with van der Waals surface area (Å²) in [7, 11) is 0. The van der Waals surface area contributed by atoms with Crippen LogP contribution in [0.1, 0.15) is 12.0 Å². The molecule has 2 aromatic rings. The fourth-order valence-corrected chi connectivity index (χ4v) is 2.86. The van der Waals surface area contributed by atoms with E-state index < -0.39 is 11.6 Å². The molecule has 120 valence electrons. The molecule has 0 radical (unpaired) electrons. The fourth-order valence-electron chi connectivity index (χ4n) is 2.86. The number of likely N-dealkylation sites (tertiary alicyclic amines) is 1. The van der Waals surface area contributed by atoms with Crippen molar-refractivity contribution in [1.82, 2.24) is 4.90 Å². The Bertz CT molecular complexity index is 691. The number of halogens is 2. The number of anilines is 1. The van der Waals surface area contributed by atoms with E-state index in [1.807, 2.05) is 18.2 Å². The number of carbonyl (C=O) groups excluding carboxylic acids is 1. The number of hydrogen-bond acceptors (Lipinski definition) is 2. The van der Waals surface area contributed by atoms with E-state index in [0.717, 1.165) is 31.6 Å². The molecule has 1 aliphatic rings. The highest BCUT2D eigenvalue weighted by atomic mass is 19.1. The van der Waals surface area contributed by atoms with Crippen LogP contribution in [0.5, 0.6) is 0 Å². The van der Waals surface area contributed by atoms with Gasteiger partial charge < -0.3 is 5.32 Å². The van der Waals surface area contributed by atoms with Crippen LogP contribution in [-0.2, 0) is 11.3 Å². The third-order valence-corrected chi connectivity index (χ3v) is 4.08. The summed E-state index contributed by atoms with van der Waals surface area (Å²) in [6.45, 7) is 2.28. The van der Waals surface area contributed by atoms with Gasteiger partial charge in [-0.25, -0.2) is 8.78 Å². The predicted octanol–water partition coefficient (Wildman–Crippen LogP) is 3.43. The van der Waals surface area contributed by atoms with Gasteiger partial charge in [0.25, 0.3) is 0 Å². The van der Waals surface area contributed by atoms with Gasteiger partial charge in [-0.2, -0.15) is 0 Å². The van der Waals surface area contributed by atoms with Crippen LogP contribution in [-0.4, -0.2) is 23.9 Å². The summed E-state index contributed by atoms with van der Waals surface area (Å²) < 4.78 is 26.5. The molecule has 0 spiro atoms. The van der Waals surface area contributed by atoms with Gasteiger partial charge in [0.15, 0.2) is 0 Å². The number of hydrogen-bond donors (Lipinski definition) is 1. The molecule has 3 nitrogen and oxygen atoms in total. The quantitative estimate of drug-likeness (QED) is 0.937. The minimum absolute atomic E-state index is 0.0258. The van der Waals surface area contributed by atoms with E-state index in [-0.39, 0.29) is 17.5 Å². The zero-order chi connectivity index (χ0) is 16.2. The zero-order valence-corrected chi connectivity index (χ0v) is 12.6. The molecule has 3 rings (SSSR count). The molecule has 1 aliphatic heterocycles. The minimum atomic E-state index is -0.752. The molecule has 1 fully saturated rings. The van der Waals surface area contributed by atoms with Crippen molar-refractivity contribution in [2.24, 2.45) is 5.92 Å². The van der Waals surface area contributed by atoms with Gasteiger partial charge in [0.05, 0.1) is 11.6 Å². The van der Waals surface area contributed by atoms with Gasteiger partial charge in [-0.3, -0.25) is 9.69 Å². The van der Waals surface area contributed by atoms with Crippen LogP contribution in [0.25, 0.3) is 0 Å². The van der Waals surface area contributed by atoms with Crippen LogP contribution < -0.4 is 5.32 Å². The van der Waals surface area contributed by atoms with E-state index >= 15 is 0 Å². The Morgan fingerprint density at radius 1 is 1.17 bits per heavy atom. The van der Waals surface area contributed by atoms with E-state index in [1.165, 1.54) is 11.6 Å². The Labute approximate surface area is 133 Å². The molecule has 1 heterocycles. The summed E-state index contributed by atoms with van der Waals surface area (Å²) >= 11 is 0. The molecule has 23 heavy (non-hydrogen) atoms. The Hall–Kier alpha value is -2.27. The van der Waals surface area contributed by atoms with Gasteiger partial charge in [0, 0.05) is 19.2 Å². The van der Waals surface area contributed by atoms with Crippen LogP contribution in [0, 0.1) is 17.6 Å². The molecule has 1 N–H and O–H groups in total. The summed E-state index contributed by atoms with van der Waals surface area (Å²) in [5.74, 6) is -1.80. The first kappa shape index (κ1) is 15.6. The van der Waals surface area contributed by atoms with E-state index in [2.05, 4.69) is 22.3 Å². The third-order valence-electron chi connectivity index (χ3n) is 4.08. The maximum atomic E-state index is 13.6. The average molecular weight is 316 g/mol. The van der Waals surface area contributed by atoms with Crippen LogP contribution in [0.15, 0.2) is 48.5 Å². The average Bonchev–Trinajstić information content (AvgIpc) is 3.00. The topological polar surface area (TPSA) is 32.3 Å².